The fourth-order valence-corrected chi connectivity index (χ4v) is 2.54. The second-order valence-electron chi connectivity index (χ2n) is 4.06. The number of carboxylic acid groups (broad SMARTS) is 1. The van der Waals surface area contributed by atoms with Crippen LogP contribution in [0.1, 0.15) is 23.3 Å². The molecule has 2 nitrogen and oxygen atoms in total. The van der Waals surface area contributed by atoms with Gasteiger partial charge in [0.25, 0.3) is 0 Å². The lowest BCUT2D eigenvalue weighted by atomic mass is 9.98. The van der Waals surface area contributed by atoms with Crippen molar-refractivity contribution in [2.75, 3.05) is 0 Å². The van der Waals surface area contributed by atoms with Crippen LogP contribution in [0.5, 0.6) is 0 Å². The van der Waals surface area contributed by atoms with Crippen molar-refractivity contribution in [3.8, 4) is 0 Å². The first kappa shape index (κ1) is 12.6. The summed E-state index contributed by atoms with van der Waals surface area (Å²) >= 11 is 1.45. The van der Waals surface area contributed by atoms with Crippen LogP contribution in [0.15, 0.2) is 53.9 Å². The van der Waals surface area contributed by atoms with Crippen LogP contribution in [-0.2, 0) is 4.79 Å². The van der Waals surface area contributed by atoms with E-state index in [1.807, 2.05) is 60.8 Å². The predicted octanol–water partition coefficient (Wildman–Crippen LogP) is 4.02. The molecule has 18 heavy (non-hydrogen) atoms. The molecule has 1 unspecified atom stereocenters. The maximum atomic E-state index is 11.3. The standard InChI is InChI=1S/C15H14O2S/c1-11(12-6-3-2-4-7-12)10-13(15(16)17)14-8-5-9-18-14/h2-11H,1H3,(H,16,17)/b13-10+. The van der Waals surface area contributed by atoms with Gasteiger partial charge in [-0.25, -0.2) is 4.79 Å². The lowest BCUT2D eigenvalue weighted by Gasteiger charge is -2.08. The Kier molecular flexibility index (Phi) is 3.95. The summed E-state index contributed by atoms with van der Waals surface area (Å²) < 4.78 is 0. The van der Waals surface area contributed by atoms with Gasteiger partial charge in [0.15, 0.2) is 0 Å². The summed E-state index contributed by atoms with van der Waals surface area (Å²) in [4.78, 5) is 12.1. The first-order valence-electron chi connectivity index (χ1n) is 5.72. The molecule has 0 fully saturated rings. The summed E-state index contributed by atoms with van der Waals surface area (Å²) in [6, 6.07) is 13.6. The van der Waals surface area contributed by atoms with Crippen molar-refractivity contribution in [2.24, 2.45) is 0 Å². The summed E-state index contributed by atoms with van der Waals surface area (Å²) in [6.07, 6.45) is 1.81. The SMILES string of the molecule is CC(/C=C(/C(=O)O)c1cccs1)c1ccccc1. The van der Waals surface area contributed by atoms with E-state index in [2.05, 4.69) is 0 Å². The molecule has 0 spiro atoms. The first-order valence-corrected chi connectivity index (χ1v) is 6.60. The molecule has 2 rings (SSSR count). The van der Waals surface area contributed by atoms with Gasteiger partial charge in [-0.05, 0) is 17.0 Å². The number of rotatable bonds is 4. The van der Waals surface area contributed by atoms with Gasteiger partial charge >= 0.3 is 5.97 Å². The number of thiophene rings is 1. The molecule has 2 aromatic rings. The number of aliphatic carboxylic acids is 1. The molecule has 0 radical (unpaired) electrons. The Balaban J connectivity index is 2.32. The molecule has 1 aromatic heterocycles. The van der Waals surface area contributed by atoms with Crippen LogP contribution in [0.3, 0.4) is 0 Å². The molecule has 0 aliphatic rings. The van der Waals surface area contributed by atoms with Crippen molar-refractivity contribution in [1.82, 2.24) is 0 Å². The minimum atomic E-state index is -0.875. The zero-order valence-electron chi connectivity index (χ0n) is 10.0. The second kappa shape index (κ2) is 5.65. The van der Waals surface area contributed by atoms with Gasteiger partial charge in [0.2, 0.25) is 0 Å². The van der Waals surface area contributed by atoms with Crippen LogP contribution in [0, 0.1) is 0 Å². The molecule has 0 bridgehead atoms. The van der Waals surface area contributed by atoms with Crippen LogP contribution in [0.4, 0.5) is 0 Å². The lowest BCUT2D eigenvalue weighted by molar-refractivity contribution is -0.130. The van der Waals surface area contributed by atoms with Crippen molar-refractivity contribution in [3.63, 3.8) is 0 Å². The number of carbonyl (C=O) groups is 1. The van der Waals surface area contributed by atoms with Gasteiger partial charge in [-0.2, -0.15) is 0 Å². The van der Waals surface area contributed by atoms with Crippen molar-refractivity contribution < 1.29 is 9.90 Å². The van der Waals surface area contributed by atoms with E-state index < -0.39 is 5.97 Å². The minimum Gasteiger partial charge on any atom is -0.478 e. The Hall–Kier alpha value is -1.87. The molecule has 0 aliphatic carbocycles. The molecule has 1 N–H and O–H groups in total. The molecular formula is C15H14O2S. The van der Waals surface area contributed by atoms with E-state index in [-0.39, 0.29) is 5.92 Å². The molecule has 92 valence electrons. The zero-order chi connectivity index (χ0) is 13.0. The van der Waals surface area contributed by atoms with E-state index in [1.54, 1.807) is 0 Å². The van der Waals surface area contributed by atoms with Crippen LogP contribution in [0.2, 0.25) is 0 Å². The van der Waals surface area contributed by atoms with Crippen LogP contribution in [-0.4, -0.2) is 11.1 Å². The van der Waals surface area contributed by atoms with Gasteiger partial charge in [0.1, 0.15) is 0 Å². The van der Waals surface area contributed by atoms with Gasteiger partial charge in [-0.15, -0.1) is 11.3 Å². The third kappa shape index (κ3) is 2.87. The average molecular weight is 258 g/mol. The highest BCUT2D eigenvalue weighted by molar-refractivity contribution is 7.11. The molecule has 0 amide bonds. The van der Waals surface area contributed by atoms with E-state index in [4.69, 9.17) is 0 Å². The fraction of sp³-hybridized carbons (Fsp3) is 0.133. The van der Waals surface area contributed by atoms with Crippen molar-refractivity contribution in [1.29, 1.82) is 0 Å². The molecule has 0 saturated heterocycles. The van der Waals surface area contributed by atoms with E-state index in [0.717, 1.165) is 10.4 Å². The summed E-state index contributed by atoms with van der Waals surface area (Å²) in [5.41, 5.74) is 1.49. The van der Waals surface area contributed by atoms with Gasteiger partial charge in [-0.3, -0.25) is 0 Å². The highest BCUT2D eigenvalue weighted by atomic mass is 32.1. The Morgan fingerprint density at radius 1 is 1.22 bits per heavy atom. The molecule has 3 heteroatoms. The summed E-state index contributed by atoms with van der Waals surface area (Å²) in [5.74, 6) is -0.792. The third-order valence-corrected chi connectivity index (χ3v) is 3.66. The summed E-state index contributed by atoms with van der Waals surface area (Å²) in [6.45, 7) is 2.01. The average Bonchev–Trinajstić information content (AvgIpc) is 2.90. The number of benzene rings is 1. The predicted molar refractivity (Wildman–Crippen MR) is 74.8 cm³/mol. The summed E-state index contributed by atoms with van der Waals surface area (Å²) in [5, 5.41) is 11.2. The van der Waals surface area contributed by atoms with Crippen LogP contribution < -0.4 is 0 Å². The van der Waals surface area contributed by atoms with Gasteiger partial charge < -0.3 is 5.11 Å². The quantitative estimate of drug-likeness (QED) is 0.841. The molecule has 1 aromatic carbocycles. The van der Waals surface area contributed by atoms with E-state index in [9.17, 15) is 9.90 Å². The normalized spacial score (nSPS) is 13.3. The summed E-state index contributed by atoms with van der Waals surface area (Å²) in [7, 11) is 0. The first-order chi connectivity index (χ1) is 8.68. The lowest BCUT2D eigenvalue weighted by Crippen LogP contribution is -2.00. The number of hydrogen-bond donors (Lipinski definition) is 1. The molecule has 1 heterocycles. The fourth-order valence-electron chi connectivity index (χ4n) is 1.79. The maximum absolute atomic E-state index is 11.3. The number of carboxylic acids is 1. The Bertz CT molecular complexity index is 541. The monoisotopic (exact) mass is 258 g/mol. The van der Waals surface area contributed by atoms with E-state index in [1.165, 1.54) is 11.3 Å². The number of allylic oxidation sites excluding steroid dienone is 1. The largest absolute Gasteiger partial charge is 0.478 e. The Labute approximate surface area is 110 Å². The highest BCUT2D eigenvalue weighted by Crippen LogP contribution is 2.25. The van der Waals surface area contributed by atoms with Gasteiger partial charge in [0.05, 0.1) is 5.57 Å². The highest BCUT2D eigenvalue weighted by Gasteiger charge is 2.13. The smallest absolute Gasteiger partial charge is 0.336 e. The van der Waals surface area contributed by atoms with Crippen LogP contribution >= 0.6 is 11.3 Å². The topological polar surface area (TPSA) is 37.3 Å². The van der Waals surface area contributed by atoms with Crippen molar-refractivity contribution >= 4 is 22.9 Å². The molecule has 1 atom stereocenters. The van der Waals surface area contributed by atoms with E-state index in [0.29, 0.717) is 5.57 Å². The van der Waals surface area contributed by atoms with E-state index >= 15 is 0 Å². The zero-order valence-corrected chi connectivity index (χ0v) is 10.9. The van der Waals surface area contributed by atoms with Gasteiger partial charge in [0, 0.05) is 10.8 Å². The van der Waals surface area contributed by atoms with Crippen molar-refractivity contribution in [2.45, 2.75) is 12.8 Å². The molecular weight excluding hydrogens is 244 g/mol. The van der Waals surface area contributed by atoms with Crippen LogP contribution in [0.25, 0.3) is 5.57 Å². The Morgan fingerprint density at radius 3 is 2.50 bits per heavy atom. The Morgan fingerprint density at radius 2 is 1.94 bits per heavy atom. The maximum Gasteiger partial charge on any atom is 0.336 e. The van der Waals surface area contributed by atoms with Gasteiger partial charge in [-0.1, -0.05) is 49.4 Å². The molecule has 0 saturated carbocycles. The third-order valence-electron chi connectivity index (χ3n) is 2.76. The number of hydrogen-bond acceptors (Lipinski definition) is 2. The second-order valence-corrected chi connectivity index (χ2v) is 5.01. The minimum absolute atomic E-state index is 0.0828. The van der Waals surface area contributed by atoms with Crippen molar-refractivity contribution in [3.05, 3.63) is 64.4 Å². The molecule has 0 aliphatic heterocycles.